The van der Waals surface area contributed by atoms with Crippen molar-refractivity contribution in [3.8, 4) is 0 Å². The van der Waals surface area contributed by atoms with Crippen LogP contribution in [-0.4, -0.2) is 57.8 Å². The molecule has 0 radical (unpaired) electrons. The average molecular weight is 296 g/mol. The van der Waals surface area contributed by atoms with Crippen molar-refractivity contribution < 1.29 is 8.42 Å². The van der Waals surface area contributed by atoms with Crippen molar-refractivity contribution in [3.05, 3.63) is 29.8 Å². The molecule has 20 heavy (non-hydrogen) atoms. The van der Waals surface area contributed by atoms with Gasteiger partial charge in [-0.15, -0.1) is 0 Å². The number of guanidine groups is 1. The highest BCUT2D eigenvalue weighted by molar-refractivity contribution is 7.89. The second-order valence-corrected chi connectivity index (χ2v) is 7.07. The normalized spacial score (nSPS) is 15.6. The first-order valence-corrected chi connectivity index (χ1v) is 7.86. The fourth-order valence-electron chi connectivity index (χ4n) is 1.93. The molecular weight excluding hydrogens is 276 g/mol. The van der Waals surface area contributed by atoms with E-state index in [0.29, 0.717) is 11.4 Å². The molecule has 1 N–H and O–H groups in total. The molecule has 6 nitrogen and oxygen atoms in total. The van der Waals surface area contributed by atoms with E-state index < -0.39 is 10.0 Å². The Morgan fingerprint density at radius 3 is 2.75 bits per heavy atom. The molecule has 1 aromatic carbocycles. The standard InChI is InChI=1S/C13H20N4O2S/c1-16(2)20(18,19)12-6-4-5-11(9-12)10-15-13-14-7-8-17(13)3/h4-6,9H,7-8,10H2,1-3H3,(H,14,15). The van der Waals surface area contributed by atoms with Gasteiger partial charge in [-0.05, 0) is 17.7 Å². The molecular formula is C13H20N4O2S. The van der Waals surface area contributed by atoms with Gasteiger partial charge in [0.25, 0.3) is 0 Å². The number of nitrogens with zero attached hydrogens (tertiary/aromatic N) is 3. The highest BCUT2D eigenvalue weighted by atomic mass is 32.2. The second-order valence-electron chi connectivity index (χ2n) is 4.92. The van der Waals surface area contributed by atoms with Gasteiger partial charge in [0, 0.05) is 34.2 Å². The first kappa shape index (κ1) is 14.8. The van der Waals surface area contributed by atoms with E-state index in [2.05, 4.69) is 10.3 Å². The van der Waals surface area contributed by atoms with E-state index in [9.17, 15) is 8.42 Å². The highest BCUT2D eigenvalue weighted by Crippen LogP contribution is 2.14. The highest BCUT2D eigenvalue weighted by Gasteiger charge is 2.17. The fourth-order valence-corrected chi connectivity index (χ4v) is 2.90. The van der Waals surface area contributed by atoms with Gasteiger partial charge in [0.1, 0.15) is 0 Å². The summed E-state index contributed by atoms with van der Waals surface area (Å²) in [4.78, 5) is 6.69. The van der Waals surface area contributed by atoms with Gasteiger partial charge in [-0.25, -0.2) is 12.7 Å². The van der Waals surface area contributed by atoms with E-state index in [1.807, 2.05) is 18.0 Å². The minimum atomic E-state index is -3.38. The van der Waals surface area contributed by atoms with Crippen molar-refractivity contribution in [1.82, 2.24) is 14.5 Å². The topological polar surface area (TPSA) is 65.0 Å². The number of benzene rings is 1. The lowest BCUT2D eigenvalue weighted by molar-refractivity contribution is 0.520. The Bertz CT molecular complexity index is 611. The summed E-state index contributed by atoms with van der Waals surface area (Å²) in [5.41, 5.74) is 0.913. The molecule has 0 aromatic heterocycles. The van der Waals surface area contributed by atoms with Gasteiger partial charge in [-0.3, -0.25) is 4.99 Å². The maximum Gasteiger partial charge on any atom is 0.242 e. The molecule has 1 aliphatic rings. The zero-order valence-corrected chi connectivity index (χ0v) is 12.8. The third-order valence-electron chi connectivity index (χ3n) is 3.19. The van der Waals surface area contributed by atoms with Gasteiger partial charge in [0.05, 0.1) is 11.4 Å². The van der Waals surface area contributed by atoms with Gasteiger partial charge in [0.15, 0.2) is 5.96 Å². The number of hydrogen-bond acceptors (Lipinski definition) is 5. The van der Waals surface area contributed by atoms with Crippen molar-refractivity contribution in [3.63, 3.8) is 0 Å². The minimum Gasteiger partial charge on any atom is -0.352 e. The lowest BCUT2D eigenvalue weighted by Gasteiger charge is -2.16. The van der Waals surface area contributed by atoms with Gasteiger partial charge < -0.3 is 10.2 Å². The maximum atomic E-state index is 12.1. The first-order valence-electron chi connectivity index (χ1n) is 6.42. The number of sulfonamides is 1. The van der Waals surface area contributed by atoms with Crippen LogP contribution >= 0.6 is 0 Å². The summed E-state index contributed by atoms with van der Waals surface area (Å²) < 4.78 is 25.4. The molecule has 0 amide bonds. The molecule has 0 unspecified atom stereocenters. The summed E-state index contributed by atoms with van der Waals surface area (Å²) in [6.07, 6.45) is 0. The van der Waals surface area contributed by atoms with Gasteiger partial charge in [-0.1, -0.05) is 12.1 Å². The van der Waals surface area contributed by atoms with Crippen LogP contribution in [0, 0.1) is 0 Å². The molecule has 1 aromatic rings. The van der Waals surface area contributed by atoms with Crippen molar-refractivity contribution >= 4 is 16.0 Å². The van der Waals surface area contributed by atoms with Crippen molar-refractivity contribution in [1.29, 1.82) is 0 Å². The Hall–Kier alpha value is -1.60. The van der Waals surface area contributed by atoms with Gasteiger partial charge >= 0.3 is 0 Å². The van der Waals surface area contributed by atoms with Crippen LogP contribution in [0.25, 0.3) is 0 Å². The van der Waals surface area contributed by atoms with Crippen LogP contribution in [0.4, 0.5) is 0 Å². The monoisotopic (exact) mass is 296 g/mol. The quantitative estimate of drug-likeness (QED) is 0.869. The summed E-state index contributed by atoms with van der Waals surface area (Å²) in [5, 5.41) is 3.22. The zero-order chi connectivity index (χ0) is 14.8. The number of nitrogens with one attached hydrogen (secondary N) is 1. The van der Waals surface area contributed by atoms with Crippen molar-refractivity contribution in [2.75, 3.05) is 34.2 Å². The molecule has 2 rings (SSSR count). The van der Waals surface area contributed by atoms with Gasteiger partial charge in [0.2, 0.25) is 10.0 Å². The summed E-state index contributed by atoms with van der Waals surface area (Å²) in [5.74, 6) is 0.853. The molecule has 0 saturated carbocycles. The Kier molecular flexibility index (Phi) is 4.29. The summed E-state index contributed by atoms with van der Waals surface area (Å²) in [6.45, 7) is 2.27. The summed E-state index contributed by atoms with van der Waals surface area (Å²) >= 11 is 0. The van der Waals surface area contributed by atoms with Crippen LogP contribution in [0.2, 0.25) is 0 Å². The van der Waals surface area contributed by atoms with E-state index in [4.69, 9.17) is 0 Å². The van der Waals surface area contributed by atoms with Crippen LogP contribution in [0.3, 0.4) is 0 Å². The van der Waals surface area contributed by atoms with Crippen molar-refractivity contribution in [2.45, 2.75) is 11.4 Å². The van der Waals surface area contributed by atoms with E-state index in [-0.39, 0.29) is 0 Å². The predicted octanol–water partition coefficient (Wildman–Crippen LogP) is 0.328. The van der Waals surface area contributed by atoms with Gasteiger partial charge in [-0.2, -0.15) is 0 Å². The van der Waals surface area contributed by atoms with E-state index in [1.54, 1.807) is 18.2 Å². The first-order chi connectivity index (χ1) is 9.41. The average Bonchev–Trinajstić information content (AvgIpc) is 2.82. The van der Waals surface area contributed by atoms with Crippen molar-refractivity contribution in [2.24, 2.45) is 4.99 Å². The molecule has 0 aliphatic carbocycles. The molecule has 1 heterocycles. The molecule has 1 aliphatic heterocycles. The molecule has 0 fully saturated rings. The van der Waals surface area contributed by atoms with E-state index in [0.717, 1.165) is 24.6 Å². The molecule has 0 atom stereocenters. The third-order valence-corrected chi connectivity index (χ3v) is 5.00. The van der Waals surface area contributed by atoms with E-state index >= 15 is 0 Å². The van der Waals surface area contributed by atoms with Crippen LogP contribution < -0.4 is 5.32 Å². The number of hydrogen-bond donors (Lipinski definition) is 1. The van der Waals surface area contributed by atoms with Crippen LogP contribution in [0.15, 0.2) is 34.2 Å². The third kappa shape index (κ3) is 3.10. The number of aliphatic imine (C=N–C) groups is 1. The summed E-state index contributed by atoms with van der Waals surface area (Å²) in [7, 11) is 1.66. The van der Waals surface area contributed by atoms with Crippen LogP contribution in [-0.2, 0) is 16.6 Å². The molecule has 0 spiro atoms. The number of likely N-dealkylation sites (N-methyl/N-ethyl adjacent to an activating group) is 1. The Morgan fingerprint density at radius 2 is 2.15 bits per heavy atom. The zero-order valence-electron chi connectivity index (χ0n) is 12.0. The second kappa shape index (κ2) is 5.80. The smallest absolute Gasteiger partial charge is 0.242 e. The molecule has 7 heteroatoms. The minimum absolute atomic E-state index is 0.309. The SMILES string of the molecule is CN1CCN=C1NCc1cccc(S(=O)(=O)N(C)C)c1. The van der Waals surface area contributed by atoms with Crippen LogP contribution in [0.1, 0.15) is 5.56 Å². The maximum absolute atomic E-state index is 12.1. The Morgan fingerprint density at radius 1 is 1.40 bits per heavy atom. The fraction of sp³-hybridized carbons (Fsp3) is 0.462. The molecule has 0 saturated heterocycles. The largest absolute Gasteiger partial charge is 0.352 e. The molecule has 110 valence electrons. The Balaban J connectivity index is 2.11. The molecule has 0 bridgehead atoms. The summed E-state index contributed by atoms with van der Waals surface area (Å²) in [6, 6.07) is 6.96. The predicted molar refractivity (Wildman–Crippen MR) is 79.1 cm³/mol. The Labute approximate surface area is 120 Å². The van der Waals surface area contributed by atoms with E-state index in [1.165, 1.54) is 18.4 Å². The lowest BCUT2D eigenvalue weighted by atomic mass is 10.2. The lowest BCUT2D eigenvalue weighted by Crippen LogP contribution is -2.35. The number of rotatable bonds is 4. The van der Waals surface area contributed by atoms with Crippen LogP contribution in [0.5, 0.6) is 0 Å².